The number of aliphatic hydroxyl groups excluding tert-OH is 1. The van der Waals surface area contributed by atoms with Crippen molar-refractivity contribution in [3.8, 4) is 0 Å². The van der Waals surface area contributed by atoms with Crippen molar-refractivity contribution in [2.24, 2.45) is 5.92 Å². The molecule has 1 heterocycles. The normalized spacial score (nSPS) is 24.3. The van der Waals surface area contributed by atoms with E-state index in [1.165, 1.54) is 0 Å². The van der Waals surface area contributed by atoms with E-state index in [4.69, 9.17) is 0 Å². The van der Waals surface area contributed by atoms with Crippen LogP contribution in [0.5, 0.6) is 0 Å². The first-order valence-corrected chi connectivity index (χ1v) is 6.13. The van der Waals surface area contributed by atoms with Crippen molar-refractivity contribution in [2.45, 2.75) is 31.8 Å². The number of hydrogen-bond acceptors (Lipinski definition) is 3. The maximum absolute atomic E-state index is 11.8. The number of pyridine rings is 1. The van der Waals surface area contributed by atoms with Gasteiger partial charge >= 0.3 is 0 Å². The maximum atomic E-state index is 11.8. The van der Waals surface area contributed by atoms with Gasteiger partial charge in [-0.3, -0.25) is 9.78 Å². The van der Waals surface area contributed by atoms with E-state index in [-0.39, 0.29) is 17.9 Å². The Balaban J connectivity index is 1.84. The maximum Gasteiger partial charge on any atom is 0.251 e. The number of carbonyl (C=O) groups is 1. The summed E-state index contributed by atoms with van der Waals surface area (Å²) < 4.78 is 0. The molecule has 1 saturated carbocycles. The van der Waals surface area contributed by atoms with Gasteiger partial charge in [-0.15, -0.1) is 0 Å². The van der Waals surface area contributed by atoms with Crippen LogP contribution in [0.25, 0.3) is 0 Å². The molecule has 2 atom stereocenters. The van der Waals surface area contributed by atoms with Crippen LogP contribution in [-0.2, 0) is 0 Å². The van der Waals surface area contributed by atoms with Crippen LogP contribution in [0.1, 0.15) is 36.0 Å². The summed E-state index contributed by atoms with van der Waals surface area (Å²) in [4.78, 5) is 15.6. The Hall–Kier alpha value is -1.42. The van der Waals surface area contributed by atoms with Crippen molar-refractivity contribution in [2.75, 3.05) is 6.54 Å². The monoisotopic (exact) mass is 234 g/mol. The number of hydrogen-bond donors (Lipinski definition) is 2. The summed E-state index contributed by atoms with van der Waals surface area (Å²) in [5.41, 5.74) is 0.616. The minimum Gasteiger partial charge on any atom is -0.393 e. The fraction of sp³-hybridized carbons (Fsp3) is 0.538. The number of nitrogens with one attached hydrogen (secondary N) is 1. The lowest BCUT2D eigenvalue weighted by Crippen LogP contribution is -2.36. The summed E-state index contributed by atoms with van der Waals surface area (Å²) in [7, 11) is 0. The molecule has 0 aliphatic heterocycles. The minimum atomic E-state index is -0.263. The van der Waals surface area contributed by atoms with Crippen molar-refractivity contribution in [3.05, 3.63) is 30.1 Å². The van der Waals surface area contributed by atoms with Crippen LogP contribution in [0.15, 0.2) is 24.5 Å². The van der Waals surface area contributed by atoms with Gasteiger partial charge in [0.05, 0.1) is 6.10 Å². The molecule has 2 rings (SSSR count). The third-order valence-electron chi connectivity index (χ3n) is 3.34. The lowest BCUT2D eigenvalue weighted by atomic mass is 9.86. The van der Waals surface area contributed by atoms with Crippen molar-refractivity contribution in [1.29, 1.82) is 0 Å². The summed E-state index contributed by atoms with van der Waals surface area (Å²) in [6.07, 6.45) is 7.03. The summed E-state index contributed by atoms with van der Waals surface area (Å²) in [5, 5.41) is 12.7. The molecule has 92 valence electrons. The third kappa shape index (κ3) is 3.27. The highest BCUT2D eigenvalue weighted by Crippen LogP contribution is 2.23. The number of amides is 1. The molecule has 0 bridgehead atoms. The Labute approximate surface area is 101 Å². The molecule has 1 fully saturated rings. The molecule has 4 nitrogen and oxygen atoms in total. The Bertz CT molecular complexity index is 367. The highest BCUT2D eigenvalue weighted by atomic mass is 16.3. The van der Waals surface area contributed by atoms with Gasteiger partial charge in [0.25, 0.3) is 5.91 Å². The zero-order chi connectivity index (χ0) is 12.1. The second-order valence-corrected chi connectivity index (χ2v) is 4.56. The number of nitrogens with zero attached hydrogens (tertiary/aromatic N) is 1. The van der Waals surface area contributed by atoms with Crippen molar-refractivity contribution in [3.63, 3.8) is 0 Å². The van der Waals surface area contributed by atoms with Crippen molar-refractivity contribution < 1.29 is 9.90 Å². The Morgan fingerprint density at radius 3 is 2.76 bits per heavy atom. The van der Waals surface area contributed by atoms with E-state index < -0.39 is 0 Å². The first-order valence-electron chi connectivity index (χ1n) is 6.13. The van der Waals surface area contributed by atoms with E-state index in [1.54, 1.807) is 24.5 Å². The van der Waals surface area contributed by atoms with Crippen LogP contribution >= 0.6 is 0 Å². The minimum absolute atomic E-state index is 0.0924. The van der Waals surface area contributed by atoms with Gasteiger partial charge < -0.3 is 10.4 Å². The molecule has 17 heavy (non-hydrogen) atoms. The predicted octanol–water partition coefficient (Wildman–Crippen LogP) is 1.36. The zero-order valence-corrected chi connectivity index (χ0v) is 9.80. The second kappa shape index (κ2) is 5.77. The Morgan fingerprint density at radius 1 is 1.35 bits per heavy atom. The molecule has 1 aliphatic rings. The zero-order valence-electron chi connectivity index (χ0n) is 9.80. The fourth-order valence-electron chi connectivity index (χ4n) is 2.26. The van der Waals surface area contributed by atoms with Crippen LogP contribution < -0.4 is 5.32 Å². The molecular formula is C13H18N2O2. The summed E-state index contributed by atoms with van der Waals surface area (Å²) in [6, 6.07) is 3.37. The average molecular weight is 234 g/mol. The molecule has 0 aromatic carbocycles. The van der Waals surface area contributed by atoms with Gasteiger partial charge in [0.2, 0.25) is 0 Å². The number of rotatable bonds is 3. The molecular weight excluding hydrogens is 216 g/mol. The molecule has 1 aliphatic carbocycles. The van der Waals surface area contributed by atoms with Crippen LogP contribution in [0.3, 0.4) is 0 Å². The highest BCUT2D eigenvalue weighted by Gasteiger charge is 2.23. The first kappa shape index (κ1) is 12.0. The largest absolute Gasteiger partial charge is 0.393 e. The third-order valence-corrected chi connectivity index (χ3v) is 3.34. The van der Waals surface area contributed by atoms with Gasteiger partial charge in [-0.1, -0.05) is 12.8 Å². The number of carbonyl (C=O) groups excluding carboxylic acids is 1. The molecule has 0 spiro atoms. The summed E-state index contributed by atoms with van der Waals surface area (Å²) >= 11 is 0. The molecule has 2 unspecified atom stereocenters. The standard InChI is InChI=1S/C13H18N2O2/c16-12-4-2-1-3-11(12)9-15-13(17)10-5-7-14-8-6-10/h5-8,11-12,16H,1-4,9H2,(H,15,17). The van der Waals surface area contributed by atoms with Gasteiger partial charge in [-0.2, -0.15) is 0 Å². The van der Waals surface area contributed by atoms with E-state index in [1.807, 2.05) is 0 Å². The fourth-order valence-corrected chi connectivity index (χ4v) is 2.26. The summed E-state index contributed by atoms with van der Waals surface area (Å²) in [6.45, 7) is 0.558. The van der Waals surface area contributed by atoms with Gasteiger partial charge in [0.15, 0.2) is 0 Å². The van der Waals surface area contributed by atoms with E-state index in [2.05, 4.69) is 10.3 Å². The van der Waals surface area contributed by atoms with Crippen molar-refractivity contribution in [1.82, 2.24) is 10.3 Å². The molecule has 0 saturated heterocycles. The number of aromatic nitrogens is 1. The van der Waals surface area contributed by atoms with Crippen LogP contribution in [0.2, 0.25) is 0 Å². The SMILES string of the molecule is O=C(NCC1CCCCC1O)c1ccncc1. The molecule has 0 radical (unpaired) electrons. The quantitative estimate of drug-likeness (QED) is 0.830. The van der Waals surface area contributed by atoms with Crippen LogP contribution in [0.4, 0.5) is 0 Å². The average Bonchev–Trinajstić information content (AvgIpc) is 2.38. The Kier molecular flexibility index (Phi) is 4.09. The van der Waals surface area contributed by atoms with Gasteiger partial charge in [-0.05, 0) is 25.0 Å². The highest BCUT2D eigenvalue weighted by molar-refractivity contribution is 5.93. The Morgan fingerprint density at radius 2 is 2.06 bits per heavy atom. The lowest BCUT2D eigenvalue weighted by Gasteiger charge is -2.27. The molecule has 2 N–H and O–H groups in total. The van der Waals surface area contributed by atoms with Gasteiger partial charge in [0.1, 0.15) is 0 Å². The van der Waals surface area contributed by atoms with Gasteiger partial charge in [-0.25, -0.2) is 0 Å². The summed E-state index contributed by atoms with van der Waals surface area (Å²) in [5.74, 6) is 0.111. The van der Waals surface area contributed by atoms with Crippen LogP contribution in [0, 0.1) is 5.92 Å². The topological polar surface area (TPSA) is 62.2 Å². The van der Waals surface area contributed by atoms with Crippen molar-refractivity contribution >= 4 is 5.91 Å². The smallest absolute Gasteiger partial charge is 0.251 e. The van der Waals surface area contributed by atoms with E-state index in [9.17, 15) is 9.90 Å². The molecule has 1 amide bonds. The number of aliphatic hydroxyl groups is 1. The first-order chi connectivity index (χ1) is 8.27. The molecule has 1 aromatic rings. The van der Waals surface area contributed by atoms with E-state index in [0.717, 1.165) is 25.7 Å². The lowest BCUT2D eigenvalue weighted by molar-refractivity contribution is 0.0663. The molecule has 1 aromatic heterocycles. The molecule has 4 heteroatoms. The predicted molar refractivity (Wildman–Crippen MR) is 64.5 cm³/mol. The van der Waals surface area contributed by atoms with Gasteiger partial charge in [0, 0.05) is 30.4 Å². The van der Waals surface area contributed by atoms with E-state index >= 15 is 0 Å². The van der Waals surface area contributed by atoms with E-state index in [0.29, 0.717) is 12.1 Å². The van der Waals surface area contributed by atoms with Crippen LogP contribution in [-0.4, -0.2) is 28.6 Å². The second-order valence-electron chi connectivity index (χ2n) is 4.56.